The van der Waals surface area contributed by atoms with Gasteiger partial charge in [-0.1, -0.05) is 35.9 Å². The van der Waals surface area contributed by atoms with Crippen LogP contribution in [0.3, 0.4) is 0 Å². The first-order chi connectivity index (χ1) is 9.74. The molecule has 3 aromatic rings. The van der Waals surface area contributed by atoms with E-state index in [4.69, 9.17) is 11.6 Å². The molecule has 0 amide bonds. The fraction of sp³-hybridized carbons (Fsp3) is 0.0625. The third-order valence-electron chi connectivity index (χ3n) is 3.15. The van der Waals surface area contributed by atoms with Crippen molar-refractivity contribution in [1.82, 2.24) is 4.98 Å². The highest BCUT2D eigenvalue weighted by molar-refractivity contribution is 6.31. The molecule has 0 spiro atoms. The number of halogens is 2. The molecule has 3 rings (SSSR count). The second kappa shape index (κ2) is 5.47. The first-order valence-corrected chi connectivity index (χ1v) is 6.62. The topological polar surface area (TPSA) is 24.9 Å². The lowest BCUT2D eigenvalue weighted by Gasteiger charge is -2.09. The Morgan fingerprint density at radius 2 is 1.95 bits per heavy atom. The van der Waals surface area contributed by atoms with E-state index in [1.165, 1.54) is 6.07 Å². The average Bonchev–Trinajstić information content (AvgIpc) is 2.48. The van der Waals surface area contributed by atoms with Crippen molar-refractivity contribution in [2.75, 3.05) is 5.32 Å². The number of nitrogens with one attached hydrogen (secondary N) is 1. The molecule has 1 heterocycles. The zero-order valence-corrected chi connectivity index (χ0v) is 11.4. The lowest BCUT2D eigenvalue weighted by Crippen LogP contribution is -2.01. The van der Waals surface area contributed by atoms with Gasteiger partial charge in [0.05, 0.1) is 5.02 Å². The van der Waals surface area contributed by atoms with Gasteiger partial charge in [0.15, 0.2) is 0 Å². The van der Waals surface area contributed by atoms with Gasteiger partial charge in [0.25, 0.3) is 0 Å². The van der Waals surface area contributed by atoms with Crippen LogP contribution in [0.1, 0.15) is 5.56 Å². The van der Waals surface area contributed by atoms with Gasteiger partial charge in [-0.15, -0.1) is 0 Å². The van der Waals surface area contributed by atoms with Crippen molar-refractivity contribution in [3.05, 3.63) is 71.3 Å². The van der Waals surface area contributed by atoms with Gasteiger partial charge in [0, 0.05) is 30.0 Å². The minimum atomic E-state index is -0.413. The molecule has 0 aliphatic rings. The lowest BCUT2D eigenvalue weighted by molar-refractivity contribution is 0.628. The van der Waals surface area contributed by atoms with E-state index in [1.54, 1.807) is 12.1 Å². The summed E-state index contributed by atoms with van der Waals surface area (Å²) in [6.45, 7) is 0.607. The minimum Gasteiger partial charge on any atom is -0.381 e. The van der Waals surface area contributed by atoms with Crippen molar-refractivity contribution in [2.24, 2.45) is 0 Å². The number of anilines is 1. The Balaban J connectivity index is 1.85. The quantitative estimate of drug-likeness (QED) is 0.759. The number of hydrogen-bond acceptors (Lipinski definition) is 2. The number of nitrogens with zero attached hydrogens (tertiary/aromatic N) is 1. The molecule has 0 atom stereocenters. The molecule has 100 valence electrons. The van der Waals surface area contributed by atoms with Crippen LogP contribution in [0.2, 0.25) is 5.02 Å². The predicted molar refractivity (Wildman–Crippen MR) is 80.5 cm³/mol. The van der Waals surface area contributed by atoms with Crippen molar-refractivity contribution in [2.45, 2.75) is 6.54 Å². The summed E-state index contributed by atoms with van der Waals surface area (Å²) < 4.78 is 13.1. The van der Waals surface area contributed by atoms with E-state index >= 15 is 0 Å². The molecule has 0 aliphatic heterocycles. The Morgan fingerprint density at radius 3 is 2.80 bits per heavy atom. The van der Waals surface area contributed by atoms with E-state index in [1.807, 2.05) is 30.6 Å². The third kappa shape index (κ3) is 2.58. The van der Waals surface area contributed by atoms with Crippen LogP contribution >= 0.6 is 11.6 Å². The van der Waals surface area contributed by atoms with E-state index in [9.17, 15) is 4.39 Å². The van der Waals surface area contributed by atoms with Crippen LogP contribution in [0, 0.1) is 5.82 Å². The highest BCUT2D eigenvalue weighted by Crippen LogP contribution is 2.21. The molecule has 0 saturated carbocycles. The molecule has 2 aromatic carbocycles. The normalized spacial score (nSPS) is 10.7. The number of rotatable bonds is 3. The van der Waals surface area contributed by atoms with Gasteiger partial charge in [-0.05, 0) is 29.1 Å². The van der Waals surface area contributed by atoms with E-state index in [0.29, 0.717) is 6.54 Å². The van der Waals surface area contributed by atoms with Crippen molar-refractivity contribution < 1.29 is 4.39 Å². The second-order valence-electron chi connectivity index (χ2n) is 4.50. The van der Waals surface area contributed by atoms with Crippen LogP contribution in [-0.4, -0.2) is 4.98 Å². The molecule has 0 unspecified atom stereocenters. The maximum absolute atomic E-state index is 13.1. The Bertz CT molecular complexity index is 753. The van der Waals surface area contributed by atoms with E-state index < -0.39 is 5.82 Å². The van der Waals surface area contributed by atoms with E-state index in [2.05, 4.69) is 16.4 Å². The maximum Gasteiger partial charge on any atom is 0.141 e. The molecule has 1 aromatic heterocycles. The second-order valence-corrected chi connectivity index (χ2v) is 4.91. The van der Waals surface area contributed by atoms with Crippen LogP contribution < -0.4 is 5.32 Å². The van der Waals surface area contributed by atoms with Gasteiger partial charge < -0.3 is 5.32 Å². The van der Waals surface area contributed by atoms with Crippen molar-refractivity contribution in [1.29, 1.82) is 0 Å². The summed E-state index contributed by atoms with van der Waals surface area (Å²) in [5.41, 5.74) is 1.87. The number of benzene rings is 2. The summed E-state index contributed by atoms with van der Waals surface area (Å²) in [5, 5.41) is 5.60. The predicted octanol–water partition coefficient (Wildman–Crippen LogP) is 4.64. The fourth-order valence-electron chi connectivity index (χ4n) is 2.12. The summed E-state index contributed by atoms with van der Waals surface area (Å²) in [6.07, 6.45) is 3.67. The van der Waals surface area contributed by atoms with Gasteiger partial charge in [-0.3, -0.25) is 4.98 Å². The molecule has 2 nitrogen and oxygen atoms in total. The molecule has 0 fully saturated rings. The van der Waals surface area contributed by atoms with Crippen LogP contribution in [0.15, 0.2) is 54.9 Å². The lowest BCUT2D eigenvalue weighted by atomic mass is 10.1. The third-order valence-corrected chi connectivity index (χ3v) is 3.44. The van der Waals surface area contributed by atoms with Crippen molar-refractivity contribution in [3.63, 3.8) is 0 Å². The Labute approximate surface area is 121 Å². The first kappa shape index (κ1) is 12.9. The number of fused-ring (bicyclic) bond motifs is 1. The van der Waals surface area contributed by atoms with Gasteiger partial charge in [0.2, 0.25) is 0 Å². The van der Waals surface area contributed by atoms with Gasteiger partial charge in [-0.25, -0.2) is 4.39 Å². The highest BCUT2D eigenvalue weighted by atomic mass is 35.5. The molecule has 0 saturated heterocycles. The highest BCUT2D eigenvalue weighted by Gasteiger charge is 2.03. The number of aromatic nitrogens is 1. The molecule has 0 radical (unpaired) electrons. The molecule has 20 heavy (non-hydrogen) atoms. The average molecular weight is 287 g/mol. The van der Waals surface area contributed by atoms with Crippen LogP contribution in [0.5, 0.6) is 0 Å². The Kier molecular flexibility index (Phi) is 3.52. The zero-order valence-electron chi connectivity index (χ0n) is 10.6. The van der Waals surface area contributed by atoms with Crippen molar-refractivity contribution >= 4 is 28.1 Å². The minimum absolute atomic E-state index is 0.117. The molecular weight excluding hydrogens is 275 g/mol. The van der Waals surface area contributed by atoms with E-state index in [0.717, 1.165) is 22.0 Å². The number of pyridine rings is 1. The summed E-state index contributed by atoms with van der Waals surface area (Å²) in [6, 6.07) is 12.7. The van der Waals surface area contributed by atoms with Crippen molar-refractivity contribution in [3.8, 4) is 0 Å². The van der Waals surface area contributed by atoms with Gasteiger partial charge in [-0.2, -0.15) is 0 Å². The smallest absolute Gasteiger partial charge is 0.141 e. The monoisotopic (exact) mass is 286 g/mol. The summed E-state index contributed by atoms with van der Waals surface area (Å²) in [5.74, 6) is -0.413. The summed E-state index contributed by atoms with van der Waals surface area (Å²) in [7, 11) is 0. The summed E-state index contributed by atoms with van der Waals surface area (Å²) in [4.78, 5) is 4.23. The standard InChI is InChI=1S/C16H12ClFN2/c17-15-7-13(5-6-16(15)18)20-10-12-9-19-8-11-3-1-2-4-14(11)12/h1-9,20H,10H2. The summed E-state index contributed by atoms with van der Waals surface area (Å²) >= 11 is 5.76. The van der Waals surface area contributed by atoms with Crippen LogP contribution in [0.25, 0.3) is 10.8 Å². The molecule has 4 heteroatoms. The first-order valence-electron chi connectivity index (χ1n) is 6.24. The molecule has 0 aliphatic carbocycles. The molecule has 0 bridgehead atoms. The fourth-order valence-corrected chi connectivity index (χ4v) is 2.30. The molecule has 1 N–H and O–H groups in total. The number of hydrogen-bond donors (Lipinski definition) is 1. The zero-order chi connectivity index (χ0) is 13.9. The van der Waals surface area contributed by atoms with Crippen LogP contribution in [-0.2, 0) is 6.54 Å². The Hall–Kier alpha value is -2.13. The molecular formula is C16H12ClFN2. The van der Waals surface area contributed by atoms with Gasteiger partial charge >= 0.3 is 0 Å². The van der Waals surface area contributed by atoms with Gasteiger partial charge in [0.1, 0.15) is 5.82 Å². The largest absolute Gasteiger partial charge is 0.381 e. The maximum atomic E-state index is 13.1. The SMILES string of the molecule is Fc1ccc(NCc2cncc3ccccc23)cc1Cl. The van der Waals surface area contributed by atoms with E-state index in [-0.39, 0.29) is 5.02 Å². The Morgan fingerprint density at radius 1 is 1.10 bits per heavy atom. The van der Waals surface area contributed by atoms with Crippen LogP contribution in [0.4, 0.5) is 10.1 Å².